The number of amides is 1. The number of primary amides is 1. The summed E-state index contributed by atoms with van der Waals surface area (Å²) < 4.78 is 4.85. The van der Waals surface area contributed by atoms with Gasteiger partial charge in [0.2, 0.25) is 5.91 Å². The van der Waals surface area contributed by atoms with E-state index in [1.54, 1.807) is 31.2 Å². The van der Waals surface area contributed by atoms with Crippen LogP contribution in [0.3, 0.4) is 0 Å². The molecule has 120 valence electrons. The molecule has 0 radical (unpaired) electrons. The molecule has 0 saturated heterocycles. The highest BCUT2D eigenvalue weighted by Gasteiger charge is 2.17. The SMILES string of the molecule is CCOC(=O)Cc1ccc(N[C@H](CCC(N)=O)C(=O)O)cc1. The van der Waals surface area contributed by atoms with Crippen LogP contribution in [0.1, 0.15) is 25.3 Å². The van der Waals surface area contributed by atoms with Crippen molar-refractivity contribution < 1.29 is 24.2 Å². The quantitative estimate of drug-likeness (QED) is 0.584. The van der Waals surface area contributed by atoms with Gasteiger partial charge >= 0.3 is 11.9 Å². The van der Waals surface area contributed by atoms with Gasteiger partial charge < -0.3 is 20.9 Å². The fourth-order valence-electron chi connectivity index (χ4n) is 1.84. The van der Waals surface area contributed by atoms with Crippen molar-refractivity contribution in [1.29, 1.82) is 0 Å². The van der Waals surface area contributed by atoms with Gasteiger partial charge in [-0.1, -0.05) is 12.1 Å². The molecule has 1 rings (SSSR count). The molecule has 0 aliphatic heterocycles. The molecule has 0 saturated carbocycles. The van der Waals surface area contributed by atoms with Crippen LogP contribution in [-0.2, 0) is 25.5 Å². The van der Waals surface area contributed by atoms with Crippen molar-refractivity contribution in [3.05, 3.63) is 29.8 Å². The topological polar surface area (TPSA) is 119 Å². The highest BCUT2D eigenvalue weighted by Crippen LogP contribution is 2.13. The number of anilines is 1. The van der Waals surface area contributed by atoms with E-state index < -0.39 is 17.9 Å². The summed E-state index contributed by atoms with van der Waals surface area (Å²) >= 11 is 0. The van der Waals surface area contributed by atoms with E-state index in [0.29, 0.717) is 12.3 Å². The molecule has 0 bridgehead atoms. The van der Waals surface area contributed by atoms with E-state index in [1.807, 2.05) is 0 Å². The molecule has 1 amide bonds. The molecular weight excluding hydrogens is 288 g/mol. The Bertz CT molecular complexity index is 527. The summed E-state index contributed by atoms with van der Waals surface area (Å²) in [5.74, 6) is -1.91. The second-order valence-corrected chi connectivity index (χ2v) is 4.72. The Labute approximate surface area is 128 Å². The van der Waals surface area contributed by atoms with E-state index in [-0.39, 0.29) is 25.2 Å². The molecule has 1 aromatic carbocycles. The summed E-state index contributed by atoms with van der Waals surface area (Å²) in [7, 11) is 0. The number of carboxylic acid groups (broad SMARTS) is 1. The number of esters is 1. The summed E-state index contributed by atoms with van der Waals surface area (Å²) in [6.07, 6.45) is 0.262. The Balaban J connectivity index is 2.62. The Morgan fingerprint density at radius 2 is 1.91 bits per heavy atom. The number of nitrogens with two attached hydrogens (primary N) is 1. The second kappa shape index (κ2) is 8.66. The summed E-state index contributed by atoms with van der Waals surface area (Å²) in [5.41, 5.74) is 6.38. The van der Waals surface area contributed by atoms with Gasteiger partial charge in [0.1, 0.15) is 6.04 Å². The minimum absolute atomic E-state index is 0.00902. The molecule has 7 nitrogen and oxygen atoms in total. The molecule has 1 aromatic rings. The lowest BCUT2D eigenvalue weighted by Gasteiger charge is -2.15. The molecule has 0 aromatic heterocycles. The largest absolute Gasteiger partial charge is 0.480 e. The first kappa shape index (κ1) is 17.5. The average molecular weight is 308 g/mol. The van der Waals surface area contributed by atoms with Crippen molar-refractivity contribution in [3.8, 4) is 0 Å². The maximum atomic E-state index is 11.4. The fraction of sp³-hybridized carbons (Fsp3) is 0.400. The third-order valence-corrected chi connectivity index (χ3v) is 2.93. The standard InChI is InChI=1S/C15H20N2O5/c1-2-22-14(19)9-10-3-5-11(6-4-10)17-12(15(20)21)7-8-13(16)18/h3-6,12,17H,2,7-9H2,1H3,(H2,16,18)(H,20,21)/t12-/m1/s1. The average Bonchev–Trinajstić information content (AvgIpc) is 2.45. The molecule has 0 fully saturated rings. The third kappa shape index (κ3) is 6.25. The van der Waals surface area contributed by atoms with Gasteiger partial charge in [0.25, 0.3) is 0 Å². The van der Waals surface area contributed by atoms with Crippen LogP contribution < -0.4 is 11.1 Å². The summed E-state index contributed by atoms with van der Waals surface area (Å²) in [5, 5.41) is 11.9. The van der Waals surface area contributed by atoms with Crippen molar-refractivity contribution in [2.24, 2.45) is 5.73 Å². The summed E-state index contributed by atoms with van der Waals surface area (Å²) in [6.45, 7) is 2.07. The van der Waals surface area contributed by atoms with Crippen LogP contribution in [0.5, 0.6) is 0 Å². The lowest BCUT2D eigenvalue weighted by molar-refractivity contribution is -0.142. The van der Waals surface area contributed by atoms with E-state index >= 15 is 0 Å². The van der Waals surface area contributed by atoms with Crippen LogP contribution in [0.15, 0.2) is 24.3 Å². The number of nitrogens with one attached hydrogen (secondary N) is 1. The molecular formula is C15H20N2O5. The van der Waals surface area contributed by atoms with Gasteiger partial charge in [-0.15, -0.1) is 0 Å². The zero-order valence-corrected chi connectivity index (χ0v) is 12.4. The van der Waals surface area contributed by atoms with Gasteiger partial charge in [-0.2, -0.15) is 0 Å². The molecule has 0 unspecified atom stereocenters. The smallest absolute Gasteiger partial charge is 0.326 e. The number of benzene rings is 1. The number of carbonyl (C=O) groups is 3. The monoisotopic (exact) mass is 308 g/mol. The molecule has 4 N–H and O–H groups in total. The van der Waals surface area contributed by atoms with Crippen LogP contribution in [0.25, 0.3) is 0 Å². The maximum absolute atomic E-state index is 11.4. The van der Waals surface area contributed by atoms with Crippen molar-refractivity contribution in [1.82, 2.24) is 0 Å². The summed E-state index contributed by atoms with van der Waals surface area (Å²) in [6, 6.07) is 5.88. The van der Waals surface area contributed by atoms with Crippen LogP contribution >= 0.6 is 0 Å². The number of carboxylic acids is 1. The highest BCUT2D eigenvalue weighted by molar-refractivity contribution is 5.79. The van der Waals surface area contributed by atoms with Gasteiger partial charge in [0.15, 0.2) is 0 Å². The Morgan fingerprint density at radius 3 is 2.41 bits per heavy atom. The molecule has 0 aliphatic carbocycles. The van der Waals surface area contributed by atoms with E-state index in [4.69, 9.17) is 15.6 Å². The predicted octanol–water partition coefficient (Wildman–Crippen LogP) is 0.923. The summed E-state index contributed by atoms with van der Waals surface area (Å²) in [4.78, 5) is 33.2. The van der Waals surface area contributed by atoms with E-state index in [0.717, 1.165) is 5.56 Å². The first-order valence-corrected chi connectivity index (χ1v) is 6.94. The number of hydrogen-bond donors (Lipinski definition) is 3. The van der Waals surface area contributed by atoms with Crippen LogP contribution in [0.4, 0.5) is 5.69 Å². The lowest BCUT2D eigenvalue weighted by Crippen LogP contribution is -2.30. The van der Waals surface area contributed by atoms with Gasteiger partial charge in [0.05, 0.1) is 13.0 Å². The number of carbonyl (C=O) groups excluding carboxylic acids is 2. The first-order chi connectivity index (χ1) is 10.4. The normalized spacial score (nSPS) is 11.5. The van der Waals surface area contributed by atoms with Crippen LogP contribution in [-0.4, -0.2) is 35.6 Å². The van der Waals surface area contributed by atoms with Gasteiger partial charge in [-0.05, 0) is 31.0 Å². The molecule has 0 heterocycles. The molecule has 7 heteroatoms. The van der Waals surface area contributed by atoms with Crippen LogP contribution in [0.2, 0.25) is 0 Å². The number of hydrogen-bond acceptors (Lipinski definition) is 5. The van der Waals surface area contributed by atoms with E-state index in [2.05, 4.69) is 5.32 Å². The Hall–Kier alpha value is -2.57. The van der Waals surface area contributed by atoms with E-state index in [1.165, 1.54) is 0 Å². The number of aliphatic carboxylic acids is 1. The zero-order chi connectivity index (χ0) is 16.5. The first-order valence-electron chi connectivity index (χ1n) is 6.94. The Morgan fingerprint density at radius 1 is 1.27 bits per heavy atom. The van der Waals surface area contributed by atoms with Crippen molar-refractivity contribution in [2.75, 3.05) is 11.9 Å². The minimum Gasteiger partial charge on any atom is -0.480 e. The molecule has 1 atom stereocenters. The van der Waals surface area contributed by atoms with Crippen molar-refractivity contribution in [2.45, 2.75) is 32.2 Å². The van der Waals surface area contributed by atoms with Crippen molar-refractivity contribution >= 4 is 23.5 Å². The van der Waals surface area contributed by atoms with Crippen LogP contribution in [0, 0.1) is 0 Å². The van der Waals surface area contributed by atoms with Gasteiger partial charge in [-0.25, -0.2) is 4.79 Å². The minimum atomic E-state index is -1.06. The fourth-order valence-corrected chi connectivity index (χ4v) is 1.84. The second-order valence-electron chi connectivity index (χ2n) is 4.72. The molecule has 0 aliphatic rings. The predicted molar refractivity (Wildman–Crippen MR) is 80.3 cm³/mol. The zero-order valence-electron chi connectivity index (χ0n) is 12.4. The highest BCUT2D eigenvalue weighted by atomic mass is 16.5. The van der Waals surface area contributed by atoms with E-state index in [9.17, 15) is 14.4 Å². The third-order valence-electron chi connectivity index (χ3n) is 2.93. The van der Waals surface area contributed by atoms with Gasteiger partial charge in [-0.3, -0.25) is 9.59 Å². The van der Waals surface area contributed by atoms with Gasteiger partial charge in [0, 0.05) is 12.1 Å². The molecule has 22 heavy (non-hydrogen) atoms. The Kier molecular flexibility index (Phi) is 6.88. The van der Waals surface area contributed by atoms with Crippen molar-refractivity contribution in [3.63, 3.8) is 0 Å². The number of rotatable bonds is 9. The lowest BCUT2D eigenvalue weighted by atomic mass is 10.1. The number of ether oxygens (including phenoxy) is 1. The maximum Gasteiger partial charge on any atom is 0.326 e. The molecule has 0 spiro atoms.